The summed E-state index contributed by atoms with van der Waals surface area (Å²) in [5.41, 5.74) is 2.79. The molecule has 160 valence electrons. The maximum Gasteiger partial charge on any atom is 0.227 e. The molecule has 0 saturated carbocycles. The van der Waals surface area contributed by atoms with Crippen molar-refractivity contribution in [3.8, 4) is 0 Å². The van der Waals surface area contributed by atoms with E-state index in [9.17, 15) is 4.79 Å². The quantitative estimate of drug-likeness (QED) is 0.393. The highest BCUT2D eigenvalue weighted by molar-refractivity contribution is 6.36. The van der Waals surface area contributed by atoms with Crippen LogP contribution in [0.25, 0.3) is 0 Å². The zero-order chi connectivity index (χ0) is 22.0. The number of piperazine rings is 1. The number of nitrogens with zero attached hydrogens (tertiary/aromatic N) is 2. The summed E-state index contributed by atoms with van der Waals surface area (Å²) in [5.74, 6) is 0.0499. The fourth-order valence-electron chi connectivity index (χ4n) is 3.90. The predicted molar refractivity (Wildman–Crippen MR) is 130 cm³/mol. The number of rotatable bonds is 4. The molecule has 1 aliphatic rings. The monoisotopic (exact) mass is 492 g/mol. The lowest BCUT2D eigenvalue weighted by Crippen LogP contribution is -2.51. The molecule has 7 heteroatoms. The normalized spacial score (nSPS) is 16.5. The van der Waals surface area contributed by atoms with Crippen molar-refractivity contribution in [1.82, 2.24) is 4.90 Å². The molecule has 0 aromatic heterocycles. The van der Waals surface area contributed by atoms with Gasteiger partial charge in [0.15, 0.2) is 0 Å². The van der Waals surface area contributed by atoms with Crippen LogP contribution in [-0.4, -0.2) is 30.4 Å². The molecule has 0 N–H and O–H groups in total. The van der Waals surface area contributed by atoms with Crippen LogP contribution < -0.4 is 4.90 Å². The van der Waals surface area contributed by atoms with E-state index in [1.165, 1.54) is 0 Å². The molecular weight excluding hydrogens is 474 g/mol. The standard InChI is InChI=1S/C24H20Cl4N2O/c25-18-7-5-16(6-8-18)23-15-29(24(31)13-17-3-1-2-4-20(17)27)11-12-30(23)22-10-9-19(26)14-21(22)28/h1-10,14,23H,11-13,15H2/t23-/m0/s1. The average Bonchev–Trinajstić information content (AvgIpc) is 2.76. The Morgan fingerprint density at radius 3 is 2.26 bits per heavy atom. The first kappa shape index (κ1) is 22.3. The molecule has 1 fully saturated rings. The summed E-state index contributed by atoms with van der Waals surface area (Å²) >= 11 is 25.0. The van der Waals surface area contributed by atoms with Gasteiger partial charge in [-0.2, -0.15) is 0 Å². The lowest BCUT2D eigenvalue weighted by Gasteiger charge is -2.43. The summed E-state index contributed by atoms with van der Waals surface area (Å²) in [4.78, 5) is 17.2. The van der Waals surface area contributed by atoms with Crippen LogP contribution in [0.4, 0.5) is 5.69 Å². The number of hydrogen-bond donors (Lipinski definition) is 0. The summed E-state index contributed by atoms with van der Waals surface area (Å²) in [6.45, 7) is 1.76. The molecule has 0 bridgehead atoms. The minimum atomic E-state index is -0.0695. The Balaban J connectivity index is 1.61. The highest BCUT2D eigenvalue weighted by atomic mass is 35.5. The minimum absolute atomic E-state index is 0.0499. The van der Waals surface area contributed by atoms with Crippen molar-refractivity contribution in [3.63, 3.8) is 0 Å². The van der Waals surface area contributed by atoms with Crippen molar-refractivity contribution in [2.45, 2.75) is 12.5 Å². The second kappa shape index (κ2) is 9.70. The molecule has 1 heterocycles. The van der Waals surface area contributed by atoms with Crippen LogP contribution in [0.3, 0.4) is 0 Å². The van der Waals surface area contributed by atoms with E-state index in [2.05, 4.69) is 4.90 Å². The van der Waals surface area contributed by atoms with Gasteiger partial charge in [-0.05, 0) is 47.5 Å². The maximum absolute atomic E-state index is 13.1. The molecule has 3 nitrogen and oxygen atoms in total. The third kappa shape index (κ3) is 5.12. The van der Waals surface area contributed by atoms with Gasteiger partial charge in [0.05, 0.1) is 23.2 Å². The number of benzene rings is 3. The van der Waals surface area contributed by atoms with Gasteiger partial charge in [0.2, 0.25) is 5.91 Å². The average molecular weight is 494 g/mol. The van der Waals surface area contributed by atoms with Crippen molar-refractivity contribution in [3.05, 3.63) is 97.9 Å². The molecule has 31 heavy (non-hydrogen) atoms. The number of carbonyl (C=O) groups is 1. The summed E-state index contributed by atoms with van der Waals surface area (Å²) in [6, 6.07) is 20.6. The summed E-state index contributed by atoms with van der Waals surface area (Å²) in [5, 5.41) is 2.45. The van der Waals surface area contributed by atoms with Gasteiger partial charge in [0.1, 0.15) is 0 Å². The van der Waals surface area contributed by atoms with Crippen LogP contribution in [0.1, 0.15) is 17.2 Å². The van der Waals surface area contributed by atoms with E-state index >= 15 is 0 Å². The Labute approximate surface area is 202 Å². The summed E-state index contributed by atoms with van der Waals surface area (Å²) in [6.07, 6.45) is 0.273. The number of carbonyl (C=O) groups excluding carboxylic acids is 1. The third-order valence-electron chi connectivity index (χ3n) is 5.51. The van der Waals surface area contributed by atoms with E-state index in [0.717, 1.165) is 16.8 Å². The Hall–Kier alpha value is -1.91. The number of hydrogen-bond acceptors (Lipinski definition) is 2. The molecule has 0 aliphatic carbocycles. The lowest BCUT2D eigenvalue weighted by molar-refractivity contribution is -0.131. The number of anilines is 1. The summed E-state index contributed by atoms with van der Waals surface area (Å²) < 4.78 is 0. The molecule has 4 rings (SSSR count). The molecule has 3 aromatic carbocycles. The van der Waals surface area contributed by atoms with E-state index in [0.29, 0.717) is 39.7 Å². The van der Waals surface area contributed by atoms with Gasteiger partial charge in [-0.1, -0.05) is 76.7 Å². The zero-order valence-electron chi connectivity index (χ0n) is 16.6. The topological polar surface area (TPSA) is 23.6 Å². The van der Waals surface area contributed by atoms with Crippen molar-refractivity contribution in [1.29, 1.82) is 0 Å². The van der Waals surface area contributed by atoms with Crippen LogP contribution in [-0.2, 0) is 11.2 Å². The Bertz CT molecular complexity index is 1090. The Morgan fingerprint density at radius 1 is 0.839 bits per heavy atom. The first-order valence-corrected chi connectivity index (χ1v) is 11.4. The highest BCUT2D eigenvalue weighted by Crippen LogP contribution is 2.37. The van der Waals surface area contributed by atoms with Gasteiger partial charge in [0, 0.05) is 34.7 Å². The molecule has 0 radical (unpaired) electrons. The molecule has 1 amide bonds. The van der Waals surface area contributed by atoms with E-state index in [4.69, 9.17) is 46.4 Å². The Morgan fingerprint density at radius 2 is 1.55 bits per heavy atom. The van der Waals surface area contributed by atoms with Gasteiger partial charge in [-0.25, -0.2) is 0 Å². The van der Waals surface area contributed by atoms with E-state index in [1.807, 2.05) is 59.5 Å². The van der Waals surface area contributed by atoms with E-state index in [-0.39, 0.29) is 18.4 Å². The van der Waals surface area contributed by atoms with Crippen molar-refractivity contribution in [2.24, 2.45) is 0 Å². The summed E-state index contributed by atoms with van der Waals surface area (Å²) in [7, 11) is 0. The number of halogens is 4. The van der Waals surface area contributed by atoms with Gasteiger partial charge < -0.3 is 9.80 Å². The van der Waals surface area contributed by atoms with Crippen LogP contribution in [0.5, 0.6) is 0 Å². The van der Waals surface area contributed by atoms with E-state index < -0.39 is 0 Å². The first-order chi connectivity index (χ1) is 14.9. The van der Waals surface area contributed by atoms with Gasteiger partial charge in [-0.15, -0.1) is 0 Å². The van der Waals surface area contributed by atoms with Crippen LogP contribution in [0, 0.1) is 0 Å². The first-order valence-electron chi connectivity index (χ1n) is 9.90. The van der Waals surface area contributed by atoms with Gasteiger partial charge >= 0.3 is 0 Å². The molecule has 1 atom stereocenters. The minimum Gasteiger partial charge on any atom is -0.360 e. The smallest absolute Gasteiger partial charge is 0.227 e. The van der Waals surface area contributed by atoms with Crippen molar-refractivity contribution < 1.29 is 4.79 Å². The zero-order valence-corrected chi connectivity index (χ0v) is 19.6. The molecule has 0 spiro atoms. The highest BCUT2D eigenvalue weighted by Gasteiger charge is 2.32. The lowest BCUT2D eigenvalue weighted by atomic mass is 10.0. The molecule has 1 aliphatic heterocycles. The van der Waals surface area contributed by atoms with Crippen molar-refractivity contribution >= 4 is 58.0 Å². The predicted octanol–water partition coefficient (Wildman–Crippen LogP) is 6.93. The SMILES string of the molecule is O=C(Cc1ccccc1Cl)N1CCN(c2ccc(Cl)cc2Cl)[C@H](c2ccc(Cl)cc2)C1. The maximum atomic E-state index is 13.1. The van der Waals surface area contributed by atoms with Crippen molar-refractivity contribution in [2.75, 3.05) is 24.5 Å². The molecule has 3 aromatic rings. The van der Waals surface area contributed by atoms with Crippen LogP contribution in [0.2, 0.25) is 20.1 Å². The fraction of sp³-hybridized carbons (Fsp3) is 0.208. The molecule has 0 unspecified atom stereocenters. The second-order valence-corrected chi connectivity index (χ2v) is 9.15. The van der Waals surface area contributed by atoms with Gasteiger partial charge in [-0.3, -0.25) is 4.79 Å². The molecular formula is C24H20Cl4N2O. The number of amides is 1. The largest absolute Gasteiger partial charge is 0.360 e. The fourth-order valence-corrected chi connectivity index (χ4v) is 4.74. The Kier molecular flexibility index (Phi) is 6.98. The molecule has 1 saturated heterocycles. The van der Waals surface area contributed by atoms with Crippen LogP contribution >= 0.6 is 46.4 Å². The van der Waals surface area contributed by atoms with Gasteiger partial charge in [0.25, 0.3) is 0 Å². The van der Waals surface area contributed by atoms with Crippen LogP contribution in [0.15, 0.2) is 66.7 Å². The van der Waals surface area contributed by atoms with E-state index in [1.54, 1.807) is 12.1 Å². The third-order valence-corrected chi connectivity index (χ3v) is 6.67. The second-order valence-electron chi connectivity index (χ2n) is 7.46.